The van der Waals surface area contributed by atoms with Crippen LogP contribution in [0, 0.1) is 5.92 Å². The summed E-state index contributed by atoms with van der Waals surface area (Å²) in [5.74, 6) is 1.29. The van der Waals surface area contributed by atoms with Gasteiger partial charge in [0.1, 0.15) is 0 Å². The van der Waals surface area contributed by atoms with Gasteiger partial charge >= 0.3 is 0 Å². The van der Waals surface area contributed by atoms with Crippen LogP contribution in [0.15, 0.2) is 4.99 Å². The number of halogens is 1. The largest absolute Gasteiger partial charge is 0.389 e. The summed E-state index contributed by atoms with van der Waals surface area (Å²) in [6, 6.07) is 0.463. The van der Waals surface area contributed by atoms with Crippen molar-refractivity contribution in [3.8, 4) is 0 Å². The van der Waals surface area contributed by atoms with Crippen LogP contribution in [0.1, 0.15) is 53.4 Å². The molecule has 0 aromatic carbocycles. The first-order valence-electron chi connectivity index (χ1n) is 10.1. The van der Waals surface area contributed by atoms with Crippen molar-refractivity contribution >= 4 is 29.9 Å². The third-order valence-corrected chi connectivity index (χ3v) is 4.32. The first-order chi connectivity index (χ1) is 12.0. The standard InChI is InChI=1S/C19H40N4O2.HI/c1-5-7-10-23-11-8-17(9-12-23)22-19(20-6-2)21-13-18(24)15-25-14-16(3)4;/h16-18,24H,5-15H2,1-4H3,(H2,20,21,22);1H. The SMILES string of the molecule is CCCCN1CCC(NC(=NCC(O)COCC(C)C)NCC)CC1.I. The van der Waals surface area contributed by atoms with Gasteiger partial charge in [-0.25, -0.2) is 0 Å². The van der Waals surface area contributed by atoms with Crippen molar-refractivity contribution in [2.24, 2.45) is 10.9 Å². The van der Waals surface area contributed by atoms with Crippen molar-refractivity contribution in [1.29, 1.82) is 0 Å². The van der Waals surface area contributed by atoms with E-state index in [4.69, 9.17) is 4.74 Å². The zero-order valence-electron chi connectivity index (χ0n) is 17.2. The molecule has 1 rings (SSSR count). The van der Waals surface area contributed by atoms with E-state index in [2.05, 4.69) is 48.2 Å². The van der Waals surface area contributed by atoms with Crippen molar-refractivity contribution in [2.45, 2.75) is 65.5 Å². The maximum absolute atomic E-state index is 10.0. The average Bonchev–Trinajstić information content (AvgIpc) is 2.59. The highest BCUT2D eigenvalue weighted by Gasteiger charge is 2.19. The molecular weight excluding hydrogens is 443 g/mol. The number of aliphatic hydroxyl groups excluding tert-OH is 1. The quantitative estimate of drug-likeness (QED) is 0.239. The van der Waals surface area contributed by atoms with E-state index in [0.717, 1.165) is 38.4 Å². The van der Waals surface area contributed by atoms with Gasteiger partial charge in [0.15, 0.2) is 5.96 Å². The minimum absolute atomic E-state index is 0. The first-order valence-corrected chi connectivity index (χ1v) is 10.1. The van der Waals surface area contributed by atoms with Crippen LogP contribution in [0.4, 0.5) is 0 Å². The zero-order valence-corrected chi connectivity index (χ0v) is 19.5. The number of nitrogens with one attached hydrogen (secondary N) is 2. The lowest BCUT2D eigenvalue weighted by Crippen LogP contribution is -2.49. The first kappa shape index (κ1) is 25.9. The Morgan fingerprint density at radius 1 is 1.23 bits per heavy atom. The zero-order chi connectivity index (χ0) is 18.5. The topological polar surface area (TPSA) is 69.1 Å². The van der Waals surface area contributed by atoms with E-state index in [1.165, 1.54) is 19.4 Å². The Labute approximate surface area is 177 Å². The molecule has 26 heavy (non-hydrogen) atoms. The number of rotatable bonds is 11. The molecule has 0 saturated carbocycles. The van der Waals surface area contributed by atoms with Crippen LogP contribution in [0.3, 0.4) is 0 Å². The molecule has 7 heteroatoms. The van der Waals surface area contributed by atoms with Crippen LogP contribution in [-0.4, -0.2) is 74.0 Å². The Bertz CT molecular complexity index is 361. The number of aliphatic imine (C=N–C) groups is 1. The fraction of sp³-hybridized carbons (Fsp3) is 0.947. The number of unbranched alkanes of at least 4 members (excludes halogenated alkanes) is 1. The Balaban J connectivity index is 0.00000625. The highest BCUT2D eigenvalue weighted by Crippen LogP contribution is 2.11. The average molecular weight is 484 g/mol. The smallest absolute Gasteiger partial charge is 0.191 e. The Morgan fingerprint density at radius 3 is 2.50 bits per heavy atom. The number of ether oxygens (including phenoxy) is 1. The molecule has 0 aliphatic carbocycles. The number of hydrogen-bond donors (Lipinski definition) is 3. The third-order valence-electron chi connectivity index (χ3n) is 4.32. The highest BCUT2D eigenvalue weighted by atomic mass is 127. The monoisotopic (exact) mass is 484 g/mol. The lowest BCUT2D eigenvalue weighted by Gasteiger charge is -2.33. The third kappa shape index (κ3) is 12.3. The number of hydrogen-bond acceptors (Lipinski definition) is 4. The van der Waals surface area contributed by atoms with Gasteiger partial charge in [0, 0.05) is 32.3 Å². The molecule has 0 aromatic rings. The molecule has 6 nitrogen and oxygen atoms in total. The van der Waals surface area contributed by atoms with E-state index in [1.54, 1.807) is 0 Å². The van der Waals surface area contributed by atoms with E-state index in [9.17, 15) is 5.11 Å². The van der Waals surface area contributed by atoms with Gasteiger partial charge in [-0.2, -0.15) is 0 Å². The van der Waals surface area contributed by atoms with Gasteiger partial charge in [-0.3, -0.25) is 4.99 Å². The van der Waals surface area contributed by atoms with E-state index < -0.39 is 6.10 Å². The minimum atomic E-state index is -0.551. The van der Waals surface area contributed by atoms with Gasteiger partial charge in [-0.1, -0.05) is 27.2 Å². The Kier molecular flexibility index (Phi) is 15.8. The van der Waals surface area contributed by atoms with Crippen molar-refractivity contribution in [3.63, 3.8) is 0 Å². The summed E-state index contributed by atoms with van der Waals surface area (Å²) >= 11 is 0. The summed E-state index contributed by atoms with van der Waals surface area (Å²) in [5, 5.41) is 16.8. The molecule has 1 heterocycles. The molecule has 0 spiro atoms. The van der Waals surface area contributed by atoms with Gasteiger partial charge in [0.25, 0.3) is 0 Å². The van der Waals surface area contributed by atoms with Crippen LogP contribution >= 0.6 is 24.0 Å². The Hall–Kier alpha value is -0.120. The van der Waals surface area contributed by atoms with Gasteiger partial charge in [-0.05, 0) is 38.6 Å². The summed E-state index contributed by atoms with van der Waals surface area (Å²) in [5.41, 5.74) is 0. The molecule has 0 amide bonds. The molecule has 0 radical (unpaired) electrons. The lowest BCUT2D eigenvalue weighted by atomic mass is 10.0. The van der Waals surface area contributed by atoms with Gasteiger partial charge in [-0.15, -0.1) is 24.0 Å². The maximum atomic E-state index is 10.0. The predicted octanol–water partition coefficient (Wildman–Crippen LogP) is 2.46. The molecule has 1 aliphatic heterocycles. The molecule has 0 aromatic heterocycles. The van der Waals surface area contributed by atoms with Crippen molar-refractivity contribution in [1.82, 2.24) is 15.5 Å². The number of guanidine groups is 1. The molecule has 1 unspecified atom stereocenters. The number of likely N-dealkylation sites (tertiary alicyclic amines) is 1. The molecule has 156 valence electrons. The predicted molar refractivity (Wildman–Crippen MR) is 121 cm³/mol. The van der Waals surface area contributed by atoms with Gasteiger partial charge in [0.05, 0.1) is 19.3 Å². The van der Waals surface area contributed by atoms with Crippen molar-refractivity contribution < 1.29 is 9.84 Å². The number of piperidine rings is 1. The van der Waals surface area contributed by atoms with Crippen LogP contribution in [-0.2, 0) is 4.74 Å². The van der Waals surface area contributed by atoms with Gasteiger partial charge in [0.2, 0.25) is 0 Å². The summed E-state index contributed by atoms with van der Waals surface area (Å²) in [4.78, 5) is 7.08. The van der Waals surface area contributed by atoms with E-state index in [1.807, 2.05) is 0 Å². The summed E-state index contributed by atoms with van der Waals surface area (Å²) < 4.78 is 5.48. The summed E-state index contributed by atoms with van der Waals surface area (Å²) in [6.07, 6.45) is 4.30. The second-order valence-corrected chi connectivity index (χ2v) is 7.42. The second kappa shape index (κ2) is 15.9. The fourth-order valence-corrected chi connectivity index (χ4v) is 2.89. The maximum Gasteiger partial charge on any atom is 0.191 e. The summed E-state index contributed by atoms with van der Waals surface area (Å²) in [6.45, 7) is 14.3. The van der Waals surface area contributed by atoms with E-state index in [0.29, 0.717) is 31.7 Å². The van der Waals surface area contributed by atoms with E-state index in [-0.39, 0.29) is 24.0 Å². The minimum Gasteiger partial charge on any atom is -0.389 e. The Morgan fingerprint density at radius 2 is 1.92 bits per heavy atom. The molecule has 0 bridgehead atoms. The molecule has 1 atom stereocenters. The number of aliphatic hydroxyl groups is 1. The van der Waals surface area contributed by atoms with Crippen molar-refractivity contribution in [3.05, 3.63) is 0 Å². The second-order valence-electron chi connectivity index (χ2n) is 7.42. The summed E-state index contributed by atoms with van der Waals surface area (Å²) in [7, 11) is 0. The fourth-order valence-electron chi connectivity index (χ4n) is 2.89. The molecule has 1 fully saturated rings. The molecular formula is C19H41IN4O2. The molecule has 1 aliphatic rings. The van der Waals surface area contributed by atoms with E-state index >= 15 is 0 Å². The normalized spacial score (nSPS) is 17.8. The number of nitrogens with zero attached hydrogens (tertiary/aromatic N) is 2. The van der Waals surface area contributed by atoms with Crippen LogP contribution in [0.25, 0.3) is 0 Å². The van der Waals surface area contributed by atoms with Crippen molar-refractivity contribution in [2.75, 3.05) is 45.9 Å². The molecule has 1 saturated heterocycles. The molecule has 3 N–H and O–H groups in total. The van der Waals surface area contributed by atoms with Crippen LogP contribution in [0.2, 0.25) is 0 Å². The van der Waals surface area contributed by atoms with Gasteiger partial charge < -0.3 is 25.4 Å². The van der Waals surface area contributed by atoms with Crippen LogP contribution < -0.4 is 10.6 Å². The highest BCUT2D eigenvalue weighted by molar-refractivity contribution is 14.0. The lowest BCUT2D eigenvalue weighted by molar-refractivity contribution is 0.0301. The van der Waals surface area contributed by atoms with Crippen LogP contribution in [0.5, 0.6) is 0 Å².